The Kier molecular flexibility index (Phi) is 4.48. The van der Waals surface area contributed by atoms with Crippen molar-refractivity contribution in [3.63, 3.8) is 0 Å². The van der Waals surface area contributed by atoms with Gasteiger partial charge in [0.15, 0.2) is 5.82 Å². The Balaban J connectivity index is 2.50. The molecule has 7 heteroatoms. The zero-order valence-corrected chi connectivity index (χ0v) is 12.9. The summed E-state index contributed by atoms with van der Waals surface area (Å²) in [5.74, 6) is -2.67. The number of halogens is 1. The van der Waals surface area contributed by atoms with Crippen molar-refractivity contribution in [1.29, 1.82) is 0 Å². The first-order chi connectivity index (χ1) is 10.2. The van der Waals surface area contributed by atoms with Crippen LogP contribution in [-0.4, -0.2) is 25.5 Å². The molecule has 2 rings (SSSR count). The van der Waals surface area contributed by atoms with E-state index in [1.165, 1.54) is 12.1 Å². The van der Waals surface area contributed by atoms with Gasteiger partial charge >= 0.3 is 5.97 Å². The van der Waals surface area contributed by atoms with Crippen LogP contribution in [0.2, 0.25) is 0 Å². The molecular formula is C15H16FNO4S. The van der Waals surface area contributed by atoms with Crippen molar-refractivity contribution in [2.75, 3.05) is 0 Å². The molecule has 1 atom stereocenters. The van der Waals surface area contributed by atoms with E-state index in [0.717, 1.165) is 6.07 Å². The van der Waals surface area contributed by atoms with Crippen LogP contribution >= 0.6 is 0 Å². The summed E-state index contributed by atoms with van der Waals surface area (Å²) >= 11 is 0. The third kappa shape index (κ3) is 3.10. The van der Waals surface area contributed by atoms with Crippen molar-refractivity contribution < 1.29 is 22.7 Å². The van der Waals surface area contributed by atoms with Crippen molar-refractivity contribution in [1.82, 2.24) is 4.72 Å². The van der Waals surface area contributed by atoms with Crippen molar-refractivity contribution in [2.24, 2.45) is 5.92 Å². The molecule has 2 aromatic carbocycles. The van der Waals surface area contributed by atoms with E-state index in [-0.39, 0.29) is 5.39 Å². The van der Waals surface area contributed by atoms with Gasteiger partial charge in [0.2, 0.25) is 10.0 Å². The van der Waals surface area contributed by atoms with Crippen molar-refractivity contribution in [3.05, 3.63) is 42.2 Å². The predicted octanol–water partition coefficient (Wildman–Crippen LogP) is 2.37. The highest BCUT2D eigenvalue weighted by Crippen LogP contribution is 2.24. The quantitative estimate of drug-likeness (QED) is 0.884. The van der Waals surface area contributed by atoms with Gasteiger partial charge in [0.05, 0.1) is 0 Å². The van der Waals surface area contributed by atoms with Crippen molar-refractivity contribution in [2.45, 2.75) is 24.8 Å². The summed E-state index contributed by atoms with van der Waals surface area (Å²) in [5.41, 5.74) is 0. The summed E-state index contributed by atoms with van der Waals surface area (Å²) in [7, 11) is -4.28. The highest BCUT2D eigenvalue weighted by molar-refractivity contribution is 7.89. The first kappa shape index (κ1) is 16.4. The van der Waals surface area contributed by atoms with Crippen LogP contribution in [0.1, 0.15) is 13.8 Å². The van der Waals surface area contributed by atoms with Crippen molar-refractivity contribution in [3.8, 4) is 0 Å². The Labute approximate surface area is 127 Å². The molecule has 2 aromatic rings. The van der Waals surface area contributed by atoms with Gasteiger partial charge in [-0.15, -0.1) is 0 Å². The maximum Gasteiger partial charge on any atom is 0.322 e. The first-order valence-electron chi connectivity index (χ1n) is 6.66. The molecule has 0 saturated carbocycles. The normalized spacial score (nSPS) is 13.5. The highest BCUT2D eigenvalue weighted by Gasteiger charge is 2.30. The lowest BCUT2D eigenvalue weighted by Gasteiger charge is -2.18. The molecule has 0 aliphatic rings. The second-order valence-electron chi connectivity index (χ2n) is 5.28. The molecule has 2 N–H and O–H groups in total. The molecule has 0 aliphatic carbocycles. The molecule has 0 saturated heterocycles. The van der Waals surface area contributed by atoms with E-state index < -0.39 is 38.7 Å². The van der Waals surface area contributed by atoms with E-state index in [9.17, 15) is 17.6 Å². The molecule has 22 heavy (non-hydrogen) atoms. The zero-order valence-electron chi connectivity index (χ0n) is 12.1. The van der Waals surface area contributed by atoms with E-state index >= 15 is 0 Å². The van der Waals surface area contributed by atoms with Crippen molar-refractivity contribution >= 4 is 26.8 Å². The lowest BCUT2D eigenvalue weighted by Crippen LogP contribution is -2.44. The maximum atomic E-state index is 14.5. The lowest BCUT2D eigenvalue weighted by molar-refractivity contribution is -0.140. The fourth-order valence-electron chi connectivity index (χ4n) is 2.12. The van der Waals surface area contributed by atoms with Crippen LogP contribution in [-0.2, 0) is 14.8 Å². The van der Waals surface area contributed by atoms with E-state index in [1.54, 1.807) is 32.0 Å². The summed E-state index contributed by atoms with van der Waals surface area (Å²) in [6.45, 7) is 3.14. The van der Waals surface area contributed by atoms with Crippen LogP contribution in [0.15, 0.2) is 41.3 Å². The van der Waals surface area contributed by atoms with Crippen LogP contribution < -0.4 is 4.72 Å². The molecule has 0 radical (unpaired) electrons. The zero-order chi connectivity index (χ0) is 16.5. The van der Waals surface area contributed by atoms with E-state index in [4.69, 9.17) is 5.11 Å². The molecular weight excluding hydrogens is 309 g/mol. The molecule has 0 amide bonds. The number of sulfonamides is 1. The Morgan fingerprint density at radius 2 is 1.82 bits per heavy atom. The topological polar surface area (TPSA) is 83.5 Å². The summed E-state index contributed by atoms with van der Waals surface area (Å²) < 4.78 is 41.1. The molecule has 5 nitrogen and oxygen atoms in total. The van der Waals surface area contributed by atoms with Gasteiger partial charge in [-0.1, -0.05) is 44.2 Å². The van der Waals surface area contributed by atoms with Gasteiger partial charge in [0, 0.05) is 5.39 Å². The number of fused-ring (bicyclic) bond motifs is 1. The number of aliphatic carboxylic acids is 1. The average Bonchev–Trinajstić information content (AvgIpc) is 2.44. The van der Waals surface area contributed by atoms with E-state index in [1.807, 2.05) is 4.72 Å². The van der Waals surface area contributed by atoms with E-state index in [0.29, 0.717) is 5.39 Å². The largest absolute Gasteiger partial charge is 0.480 e. The third-order valence-corrected chi connectivity index (χ3v) is 4.79. The number of carbonyl (C=O) groups is 1. The molecule has 0 fully saturated rings. The molecule has 118 valence electrons. The smallest absolute Gasteiger partial charge is 0.322 e. The Morgan fingerprint density at radius 1 is 1.18 bits per heavy atom. The summed E-state index contributed by atoms with van der Waals surface area (Å²) in [4.78, 5) is 10.6. The van der Waals surface area contributed by atoms with Gasteiger partial charge in [-0.2, -0.15) is 4.72 Å². The summed E-state index contributed by atoms with van der Waals surface area (Å²) in [6, 6.07) is 7.75. The second kappa shape index (κ2) is 6.02. The molecule has 0 spiro atoms. The van der Waals surface area contributed by atoms with Crippen LogP contribution in [0.25, 0.3) is 10.8 Å². The monoisotopic (exact) mass is 325 g/mol. The number of carboxylic acid groups (broad SMARTS) is 1. The molecule has 0 aromatic heterocycles. The van der Waals surface area contributed by atoms with Gasteiger partial charge in [-0.3, -0.25) is 4.79 Å². The molecule has 0 aliphatic heterocycles. The minimum Gasteiger partial charge on any atom is -0.480 e. The van der Waals surface area contributed by atoms with Crippen LogP contribution in [0, 0.1) is 11.7 Å². The summed E-state index contributed by atoms with van der Waals surface area (Å²) in [6.07, 6.45) is 0. The highest BCUT2D eigenvalue weighted by atomic mass is 32.2. The summed E-state index contributed by atoms with van der Waals surface area (Å²) in [5, 5.41) is 9.81. The van der Waals surface area contributed by atoms with Gasteiger partial charge in [0.25, 0.3) is 0 Å². The number of hydrogen-bond acceptors (Lipinski definition) is 3. The number of hydrogen-bond donors (Lipinski definition) is 2. The van der Waals surface area contributed by atoms with Gasteiger partial charge in [-0.25, -0.2) is 12.8 Å². The Bertz CT molecular complexity index is 817. The predicted molar refractivity (Wildman–Crippen MR) is 80.5 cm³/mol. The minimum absolute atomic E-state index is 0.168. The molecule has 0 bridgehead atoms. The van der Waals surface area contributed by atoms with Gasteiger partial charge < -0.3 is 5.11 Å². The minimum atomic E-state index is -4.28. The lowest BCUT2D eigenvalue weighted by atomic mass is 10.1. The molecule has 0 unspecified atom stereocenters. The Hall–Kier alpha value is -1.99. The van der Waals surface area contributed by atoms with Gasteiger partial charge in [-0.05, 0) is 17.4 Å². The SMILES string of the molecule is CC(C)[C@@H](NS(=O)(=O)c1ccc2ccccc2c1F)C(=O)O. The van der Waals surface area contributed by atoms with E-state index in [2.05, 4.69) is 0 Å². The fraction of sp³-hybridized carbons (Fsp3) is 0.267. The van der Waals surface area contributed by atoms with Gasteiger partial charge in [0.1, 0.15) is 10.9 Å². The van der Waals surface area contributed by atoms with Crippen LogP contribution in [0.4, 0.5) is 4.39 Å². The number of rotatable bonds is 5. The van der Waals surface area contributed by atoms with Crippen LogP contribution in [0.3, 0.4) is 0 Å². The van der Waals surface area contributed by atoms with Crippen LogP contribution in [0.5, 0.6) is 0 Å². The average molecular weight is 325 g/mol. The standard InChI is InChI=1S/C15H16FNO4S/c1-9(2)14(15(18)19)17-22(20,21)12-8-7-10-5-3-4-6-11(10)13(12)16/h3-9,14,17H,1-2H3,(H,18,19)/t14-/m1/s1. The second-order valence-corrected chi connectivity index (χ2v) is 6.96. The number of benzene rings is 2. The molecule has 0 heterocycles. The fourth-order valence-corrected chi connectivity index (χ4v) is 3.55. The third-order valence-electron chi connectivity index (χ3n) is 3.33. The number of nitrogens with one attached hydrogen (secondary N) is 1. The Morgan fingerprint density at radius 3 is 2.41 bits per heavy atom. The maximum absolute atomic E-state index is 14.5. The first-order valence-corrected chi connectivity index (χ1v) is 8.14. The number of carboxylic acids is 1.